The molecule has 0 bridgehead atoms. The number of para-hydroxylation sites is 2. The molecule has 22 heavy (non-hydrogen) atoms. The molecule has 0 fully saturated rings. The van der Waals surface area contributed by atoms with Crippen LogP contribution in [-0.4, -0.2) is 18.9 Å². The predicted octanol–water partition coefficient (Wildman–Crippen LogP) is 3.14. The molecule has 0 aliphatic rings. The Bertz CT molecular complexity index is 964. The zero-order chi connectivity index (χ0) is 15.1. The second-order valence-electron chi connectivity index (χ2n) is 5.46. The molecule has 0 aliphatic carbocycles. The van der Waals surface area contributed by atoms with Crippen molar-refractivity contribution in [2.45, 2.75) is 13.5 Å². The van der Waals surface area contributed by atoms with Crippen LogP contribution in [0.3, 0.4) is 0 Å². The lowest BCUT2D eigenvalue weighted by Gasteiger charge is -2.03. The molecule has 0 saturated heterocycles. The molecule has 5 nitrogen and oxygen atoms in total. The van der Waals surface area contributed by atoms with Crippen LogP contribution < -0.4 is 5.32 Å². The highest BCUT2D eigenvalue weighted by molar-refractivity contribution is 5.78. The first-order valence-electron chi connectivity index (χ1n) is 7.31. The fraction of sp³-hybridized carbons (Fsp3) is 0.176. The summed E-state index contributed by atoms with van der Waals surface area (Å²) in [7, 11) is 2.02. The summed E-state index contributed by atoms with van der Waals surface area (Å²) in [6, 6.07) is 14.3. The standard InChI is InChI=1S/C17H17N5/c1-12-6-5-9-16-19-13(11-22(12)16)10-18-17-20-14-7-3-4-8-15(14)21(17)2/h3-9,11H,10H2,1-2H3,(H,18,20). The van der Waals surface area contributed by atoms with Crippen molar-refractivity contribution in [3.63, 3.8) is 0 Å². The quantitative estimate of drug-likeness (QED) is 0.631. The van der Waals surface area contributed by atoms with Crippen molar-refractivity contribution in [1.82, 2.24) is 18.9 Å². The molecular formula is C17H17N5. The molecule has 5 heteroatoms. The Kier molecular flexibility index (Phi) is 2.85. The average Bonchev–Trinajstić information content (AvgIpc) is 3.08. The molecule has 0 spiro atoms. The highest BCUT2D eigenvalue weighted by Gasteiger charge is 2.08. The van der Waals surface area contributed by atoms with Gasteiger partial charge in [-0.25, -0.2) is 9.97 Å². The minimum Gasteiger partial charge on any atom is -0.350 e. The van der Waals surface area contributed by atoms with Crippen LogP contribution in [0.15, 0.2) is 48.7 Å². The molecule has 0 amide bonds. The number of rotatable bonds is 3. The monoisotopic (exact) mass is 291 g/mol. The molecule has 1 N–H and O–H groups in total. The third-order valence-corrected chi connectivity index (χ3v) is 3.96. The number of imidazole rings is 2. The number of nitrogens with one attached hydrogen (secondary N) is 1. The van der Waals surface area contributed by atoms with Crippen LogP contribution in [0.5, 0.6) is 0 Å². The largest absolute Gasteiger partial charge is 0.350 e. The molecule has 110 valence electrons. The minimum absolute atomic E-state index is 0.651. The molecule has 0 saturated carbocycles. The van der Waals surface area contributed by atoms with Gasteiger partial charge in [0.05, 0.1) is 23.3 Å². The SMILES string of the molecule is Cc1cccc2nc(CNc3nc4ccccc4n3C)cn12. The lowest BCUT2D eigenvalue weighted by atomic mass is 10.3. The van der Waals surface area contributed by atoms with E-state index in [-0.39, 0.29) is 0 Å². The number of aryl methyl sites for hydroxylation is 2. The van der Waals surface area contributed by atoms with Crippen LogP contribution >= 0.6 is 0 Å². The molecule has 4 aromatic rings. The third kappa shape index (κ3) is 2.02. The first kappa shape index (κ1) is 12.9. The summed E-state index contributed by atoms with van der Waals surface area (Å²) >= 11 is 0. The summed E-state index contributed by atoms with van der Waals surface area (Å²) in [6.45, 7) is 2.73. The highest BCUT2D eigenvalue weighted by Crippen LogP contribution is 2.18. The first-order chi connectivity index (χ1) is 10.7. The Morgan fingerprint density at radius 3 is 2.73 bits per heavy atom. The predicted molar refractivity (Wildman–Crippen MR) is 88.0 cm³/mol. The van der Waals surface area contributed by atoms with Crippen molar-refractivity contribution in [3.05, 3.63) is 60.0 Å². The Morgan fingerprint density at radius 2 is 1.91 bits per heavy atom. The van der Waals surface area contributed by atoms with E-state index in [2.05, 4.69) is 49.5 Å². The Morgan fingerprint density at radius 1 is 1.05 bits per heavy atom. The van der Waals surface area contributed by atoms with Crippen molar-refractivity contribution < 1.29 is 0 Å². The van der Waals surface area contributed by atoms with Crippen LogP contribution in [0.4, 0.5) is 5.95 Å². The Balaban J connectivity index is 1.62. The van der Waals surface area contributed by atoms with E-state index in [1.165, 1.54) is 5.69 Å². The number of hydrogen-bond donors (Lipinski definition) is 1. The number of benzene rings is 1. The van der Waals surface area contributed by atoms with Gasteiger partial charge in [-0.05, 0) is 31.2 Å². The van der Waals surface area contributed by atoms with E-state index in [9.17, 15) is 0 Å². The zero-order valence-electron chi connectivity index (χ0n) is 12.6. The summed E-state index contributed by atoms with van der Waals surface area (Å²) in [4.78, 5) is 9.25. The van der Waals surface area contributed by atoms with Crippen LogP contribution in [0.25, 0.3) is 16.7 Å². The molecule has 0 unspecified atom stereocenters. The minimum atomic E-state index is 0.651. The molecule has 0 aliphatic heterocycles. The number of pyridine rings is 1. The average molecular weight is 291 g/mol. The van der Waals surface area contributed by atoms with Gasteiger partial charge in [-0.1, -0.05) is 18.2 Å². The van der Waals surface area contributed by atoms with Gasteiger partial charge in [0.25, 0.3) is 0 Å². The molecule has 3 aromatic heterocycles. The van der Waals surface area contributed by atoms with Gasteiger partial charge in [-0.3, -0.25) is 0 Å². The van der Waals surface area contributed by atoms with Gasteiger partial charge in [-0.15, -0.1) is 0 Å². The van der Waals surface area contributed by atoms with Crippen LogP contribution in [-0.2, 0) is 13.6 Å². The number of aromatic nitrogens is 4. The fourth-order valence-corrected chi connectivity index (χ4v) is 2.76. The summed E-state index contributed by atoms with van der Waals surface area (Å²) < 4.78 is 4.17. The van der Waals surface area contributed by atoms with E-state index >= 15 is 0 Å². The van der Waals surface area contributed by atoms with E-state index < -0.39 is 0 Å². The Labute approximate surface area is 128 Å². The number of fused-ring (bicyclic) bond motifs is 2. The van der Waals surface area contributed by atoms with Gasteiger partial charge in [0.1, 0.15) is 5.65 Å². The maximum atomic E-state index is 4.64. The fourth-order valence-electron chi connectivity index (χ4n) is 2.76. The second-order valence-corrected chi connectivity index (χ2v) is 5.46. The normalized spacial score (nSPS) is 11.4. The summed E-state index contributed by atoms with van der Waals surface area (Å²) in [5.74, 6) is 0.856. The summed E-state index contributed by atoms with van der Waals surface area (Å²) in [6.07, 6.45) is 2.07. The van der Waals surface area contributed by atoms with Gasteiger partial charge in [0.2, 0.25) is 5.95 Å². The molecule has 3 heterocycles. The van der Waals surface area contributed by atoms with Gasteiger partial charge in [0.15, 0.2) is 0 Å². The van der Waals surface area contributed by atoms with Gasteiger partial charge in [-0.2, -0.15) is 0 Å². The van der Waals surface area contributed by atoms with Crippen molar-refractivity contribution >= 4 is 22.6 Å². The lowest BCUT2D eigenvalue weighted by Crippen LogP contribution is -2.05. The van der Waals surface area contributed by atoms with Crippen LogP contribution in [0.2, 0.25) is 0 Å². The maximum absolute atomic E-state index is 4.64. The molecule has 0 radical (unpaired) electrons. The Hall–Kier alpha value is -2.82. The van der Waals surface area contributed by atoms with Crippen LogP contribution in [0, 0.1) is 6.92 Å². The smallest absolute Gasteiger partial charge is 0.203 e. The zero-order valence-corrected chi connectivity index (χ0v) is 12.6. The molecule has 1 aromatic carbocycles. The van der Waals surface area contributed by atoms with Crippen LogP contribution in [0.1, 0.15) is 11.4 Å². The molecule has 4 rings (SSSR count). The van der Waals surface area contributed by atoms with E-state index in [1.807, 2.05) is 37.4 Å². The second kappa shape index (κ2) is 4.87. The van der Waals surface area contributed by atoms with Crippen molar-refractivity contribution in [3.8, 4) is 0 Å². The lowest BCUT2D eigenvalue weighted by molar-refractivity contribution is 0.920. The maximum Gasteiger partial charge on any atom is 0.203 e. The molecule has 0 atom stereocenters. The summed E-state index contributed by atoms with van der Waals surface area (Å²) in [5, 5.41) is 3.38. The highest BCUT2D eigenvalue weighted by atomic mass is 15.2. The number of hydrogen-bond acceptors (Lipinski definition) is 3. The van der Waals surface area contributed by atoms with E-state index in [0.717, 1.165) is 28.3 Å². The van der Waals surface area contributed by atoms with E-state index in [0.29, 0.717) is 6.54 Å². The third-order valence-electron chi connectivity index (χ3n) is 3.96. The van der Waals surface area contributed by atoms with Crippen molar-refractivity contribution in [2.75, 3.05) is 5.32 Å². The van der Waals surface area contributed by atoms with E-state index in [4.69, 9.17) is 0 Å². The topological polar surface area (TPSA) is 47.2 Å². The van der Waals surface area contributed by atoms with E-state index in [1.54, 1.807) is 0 Å². The first-order valence-corrected chi connectivity index (χ1v) is 7.31. The van der Waals surface area contributed by atoms with Gasteiger partial charge in [0, 0.05) is 18.9 Å². The van der Waals surface area contributed by atoms with Crippen molar-refractivity contribution in [1.29, 1.82) is 0 Å². The van der Waals surface area contributed by atoms with Gasteiger partial charge >= 0.3 is 0 Å². The van der Waals surface area contributed by atoms with Gasteiger partial charge < -0.3 is 14.3 Å². The van der Waals surface area contributed by atoms with Crippen molar-refractivity contribution in [2.24, 2.45) is 7.05 Å². The number of anilines is 1. The molecular weight excluding hydrogens is 274 g/mol. The number of nitrogens with zero attached hydrogens (tertiary/aromatic N) is 4. The summed E-state index contributed by atoms with van der Waals surface area (Å²) in [5.41, 5.74) is 5.27.